The molecule has 0 radical (unpaired) electrons. The number of allylic oxidation sites excluding steroid dienone is 4. The summed E-state index contributed by atoms with van der Waals surface area (Å²) >= 11 is 0. The maximum atomic E-state index is 13.0. The number of likely N-dealkylation sites (N-methyl/N-ethyl adjacent to an activating group) is 1. The van der Waals surface area contributed by atoms with Gasteiger partial charge in [-0.1, -0.05) is 32.9 Å². The molecule has 3 aliphatic rings. The van der Waals surface area contributed by atoms with Crippen molar-refractivity contribution in [1.82, 2.24) is 9.47 Å². The summed E-state index contributed by atoms with van der Waals surface area (Å²) in [6, 6.07) is 1.66. The Kier molecular flexibility index (Phi) is 7.03. The second-order valence-corrected chi connectivity index (χ2v) is 10.4. The fraction of sp³-hybridized carbons (Fsp3) is 0.556. The first-order valence-corrected chi connectivity index (χ1v) is 12.1. The second-order valence-electron chi connectivity index (χ2n) is 10.4. The molecular formula is C27H36N2O5. The molecule has 0 N–H and O–H groups in total. The van der Waals surface area contributed by atoms with Crippen LogP contribution in [0.5, 0.6) is 0 Å². The van der Waals surface area contributed by atoms with Crippen LogP contribution >= 0.6 is 0 Å². The average molecular weight is 469 g/mol. The number of carbonyl (C=O) groups is 1. The van der Waals surface area contributed by atoms with Crippen LogP contribution < -0.4 is 5.43 Å². The molecule has 34 heavy (non-hydrogen) atoms. The Labute approximate surface area is 201 Å². The van der Waals surface area contributed by atoms with E-state index in [4.69, 9.17) is 14.2 Å². The number of ether oxygens (including phenoxy) is 3. The van der Waals surface area contributed by atoms with Gasteiger partial charge in [0.05, 0.1) is 37.3 Å². The zero-order valence-electron chi connectivity index (χ0n) is 20.9. The standard InChI is InChI=1S/C27H36N2O5/c1-6-33-26(31)21-14-29-22(13-23(21)30)25(28(5)15-24(29)27(2,3)4)19-8-7-9-20(12-19)34-17-18-10-11-32-16-18/h7-9,13-14,18,24H,6,10-12,15-17H2,1-5H3/b25-19-. The highest BCUT2D eigenvalue weighted by Crippen LogP contribution is 2.41. The molecule has 3 heterocycles. The van der Waals surface area contributed by atoms with Crippen molar-refractivity contribution in [1.29, 1.82) is 0 Å². The Bertz CT molecular complexity index is 1080. The van der Waals surface area contributed by atoms with E-state index in [-0.39, 0.29) is 29.1 Å². The Morgan fingerprint density at radius 2 is 2.09 bits per heavy atom. The minimum atomic E-state index is -0.573. The van der Waals surface area contributed by atoms with Gasteiger partial charge in [-0.3, -0.25) is 4.79 Å². The van der Waals surface area contributed by atoms with Crippen molar-refractivity contribution in [2.45, 2.75) is 46.6 Å². The largest absolute Gasteiger partial charge is 0.497 e. The normalized spacial score (nSPS) is 24.6. The van der Waals surface area contributed by atoms with Gasteiger partial charge in [0, 0.05) is 44.8 Å². The summed E-state index contributed by atoms with van der Waals surface area (Å²) < 4.78 is 18.8. The Balaban J connectivity index is 1.72. The van der Waals surface area contributed by atoms with Crippen molar-refractivity contribution in [3.63, 3.8) is 0 Å². The maximum absolute atomic E-state index is 13.0. The van der Waals surface area contributed by atoms with Gasteiger partial charge in [-0.15, -0.1) is 0 Å². The minimum Gasteiger partial charge on any atom is -0.497 e. The number of esters is 1. The van der Waals surface area contributed by atoms with Crippen LogP contribution in [0.2, 0.25) is 0 Å². The summed E-state index contributed by atoms with van der Waals surface area (Å²) in [5, 5.41) is 0. The van der Waals surface area contributed by atoms with Crippen molar-refractivity contribution < 1.29 is 19.0 Å². The van der Waals surface area contributed by atoms with E-state index >= 15 is 0 Å². The lowest BCUT2D eigenvalue weighted by molar-refractivity contribution is 0.0522. The highest BCUT2D eigenvalue weighted by atomic mass is 16.5. The van der Waals surface area contributed by atoms with Gasteiger partial charge < -0.3 is 23.7 Å². The van der Waals surface area contributed by atoms with Gasteiger partial charge in [0.1, 0.15) is 11.3 Å². The number of carbonyl (C=O) groups excluding carboxylic acids is 1. The minimum absolute atomic E-state index is 0.0758. The van der Waals surface area contributed by atoms with Crippen molar-refractivity contribution in [2.24, 2.45) is 11.3 Å². The lowest BCUT2D eigenvalue weighted by Crippen LogP contribution is -2.42. The van der Waals surface area contributed by atoms with E-state index < -0.39 is 5.97 Å². The molecule has 184 valence electrons. The molecule has 1 fully saturated rings. The molecule has 2 unspecified atom stereocenters. The van der Waals surface area contributed by atoms with Crippen LogP contribution in [0.25, 0.3) is 5.70 Å². The van der Waals surface area contributed by atoms with Crippen LogP contribution in [0.4, 0.5) is 0 Å². The van der Waals surface area contributed by atoms with Gasteiger partial charge >= 0.3 is 5.97 Å². The molecule has 0 aromatic carbocycles. The van der Waals surface area contributed by atoms with Crippen LogP contribution in [0.15, 0.2) is 46.6 Å². The van der Waals surface area contributed by atoms with Crippen LogP contribution in [-0.2, 0) is 14.2 Å². The molecular weight excluding hydrogens is 432 g/mol. The fourth-order valence-corrected chi connectivity index (χ4v) is 4.87. The van der Waals surface area contributed by atoms with Crippen molar-refractivity contribution in [3.8, 4) is 0 Å². The van der Waals surface area contributed by atoms with Gasteiger partial charge in [0.2, 0.25) is 0 Å². The Morgan fingerprint density at radius 1 is 1.29 bits per heavy atom. The summed E-state index contributed by atoms with van der Waals surface area (Å²) in [5.41, 5.74) is 2.57. The third-order valence-electron chi connectivity index (χ3n) is 6.76. The third-order valence-corrected chi connectivity index (χ3v) is 6.76. The molecule has 2 atom stereocenters. The van der Waals surface area contributed by atoms with E-state index in [1.165, 1.54) is 0 Å². The average Bonchev–Trinajstić information content (AvgIpc) is 3.30. The van der Waals surface area contributed by atoms with E-state index in [2.05, 4.69) is 43.4 Å². The van der Waals surface area contributed by atoms with Gasteiger partial charge in [-0.05, 0) is 30.4 Å². The lowest BCUT2D eigenvalue weighted by Gasteiger charge is -2.44. The summed E-state index contributed by atoms with van der Waals surface area (Å²) in [6.07, 6.45) is 9.48. The number of nitrogens with zero attached hydrogens (tertiary/aromatic N) is 2. The molecule has 1 aromatic rings. The second kappa shape index (κ2) is 9.82. The summed E-state index contributed by atoms with van der Waals surface area (Å²) in [5.74, 6) is 0.782. The molecule has 1 aliphatic carbocycles. The molecule has 0 spiro atoms. The van der Waals surface area contributed by atoms with E-state index in [0.717, 1.165) is 48.9 Å². The smallest absolute Gasteiger partial charge is 0.343 e. The first-order valence-electron chi connectivity index (χ1n) is 12.1. The van der Waals surface area contributed by atoms with Gasteiger partial charge in [-0.2, -0.15) is 0 Å². The highest BCUT2D eigenvalue weighted by molar-refractivity contribution is 5.89. The summed E-state index contributed by atoms with van der Waals surface area (Å²) in [6.45, 7) is 11.5. The molecule has 1 aromatic heterocycles. The molecule has 1 saturated heterocycles. The number of pyridine rings is 1. The lowest BCUT2D eigenvalue weighted by atomic mass is 9.83. The van der Waals surface area contributed by atoms with E-state index in [0.29, 0.717) is 18.9 Å². The molecule has 7 heteroatoms. The number of rotatable bonds is 5. The molecule has 0 bridgehead atoms. The third kappa shape index (κ3) is 4.99. The maximum Gasteiger partial charge on any atom is 0.343 e. The van der Waals surface area contributed by atoms with Gasteiger partial charge in [0.15, 0.2) is 5.43 Å². The quantitative estimate of drug-likeness (QED) is 0.605. The zero-order valence-corrected chi connectivity index (χ0v) is 20.9. The molecule has 4 rings (SSSR count). The van der Waals surface area contributed by atoms with Crippen molar-refractivity contribution in [2.75, 3.05) is 40.0 Å². The number of aromatic nitrogens is 1. The van der Waals surface area contributed by atoms with Crippen LogP contribution in [-0.4, -0.2) is 55.5 Å². The van der Waals surface area contributed by atoms with E-state index in [9.17, 15) is 9.59 Å². The van der Waals surface area contributed by atoms with Gasteiger partial charge in [-0.25, -0.2) is 4.79 Å². The van der Waals surface area contributed by atoms with Crippen LogP contribution in [0, 0.1) is 11.3 Å². The number of hydrogen-bond acceptors (Lipinski definition) is 6. The molecule has 0 saturated carbocycles. The topological polar surface area (TPSA) is 70.0 Å². The predicted octanol–water partition coefficient (Wildman–Crippen LogP) is 4.17. The molecule has 2 aliphatic heterocycles. The van der Waals surface area contributed by atoms with Crippen LogP contribution in [0.3, 0.4) is 0 Å². The van der Waals surface area contributed by atoms with Crippen molar-refractivity contribution >= 4 is 11.7 Å². The predicted molar refractivity (Wildman–Crippen MR) is 131 cm³/mol. The first kappa shape index (κ1) is 24.3. The fourth-order valence-electron chi connectivity index (χ4n) is 4.87. The monoisotopic (exact) mass is 468 g/mol. The molecule has 0 amide bonds. The van der Waals surface area contributed by atoms with Gasteiger partial charge in [0.25, 0.3) is 0 Å². The number of hydrogen-bond donors (Lipinski definition) is 0. The van der Waals surface area contributed by atoms with Crippen molar-refractivity contribution in [3.05, 3.63) is 63.3 Å². The van der Waals surface area contributed by atoms with E-state index in [1.54, 1.807) is 19.2 Å². The summed E-state index contributed by atoms with van der Waals surface area (Å²) in [4.78, 5) is 27.7. The number of fused-ring (bicyclic) bond motifs is 1. The van der Waals surface area contributed by atoms with E-state index in [1.807, 2.05) is 12.2 Å². The first-order chi connectivity index (χ1) is 16.2. The Morgan fingerprint density at radius 3 is 2.76 bits per heavy atom. The Hall–Kier alpha value is -2.80. The van der Waals surface area contributed by atoms with Crippen LogP contribution in [0.1, 0.15) is 62.6 Å². The molecule has 7 nitrogen and oxygen atoms in total. The SMILES string of the molecule is CCOC(=O)c1cn2c(cc1=O)/C(=C1\C=CC=C(OCC3CCOC3)C1)N(C)CC2C(C)(C)C. The summed E-state index contributed by atoms with van der Waals surface area (Å²) in [7, 11) is 2.07. The zero-order chi connectivity index (χ0) is 24.5. The highest BCUT2D eigenvalue weighted by Gasteiger charge is 2.36.